The van der Waals surface area contributed by atoms with E-state index in [2.05, 4.69) is 5.32 Å². The second-order valence-corrected chi connectivity index (χ2v) is 5.75. The number of hydrogen-bond acceptors (Lipinski definition) is 4. The lowest BCUT2D eigenvalue weighted by Gasteiger charge is -2.21. The summed E-state index contributed by atoms with van der Waals surface area (Å²) in [5, 5.41) is 13.6. The normalized spacial score (nSPS) is 11.5. The number of likely N-dealkylation sites (N-methyl/N-ethyl adjacent to an activating group) is 1. The summed E-state index contributed by atoms with van der Waals surface area (Å²) in [6, 6.07) is 11.0. The summed E-state index contributed by atoms with van der Waals surface area (Å²) in [6.07, 6.45) is 0. The molecule has 0 saturated carbocycles. The predicted octanol–water partition coefficient (Wildman–Crippen LogP) is 3.52. The fraction of sp³-hybridized carbons (Fsp3) is 0.278. The maximum absolute atomic E-state index is 12.8. The van der Waals surface area contributed by atoms with Crippen molar-refractivity contribution in [3.63, 3.8) is 0 Å². The second-order valence-electron chi connectivity index (χ2n) is 5.75. The maximum atomic E-state index is 12.8. The highest BCUT2D eigenvalue weighted by Gasteiger charge is 2.15. The third-order valence-electron chi connectivity index (χ3n) is 3.78. The first-order chi connectivity index (χ1) is 12.4. The summed E-state index contributed by atoms with van der Waals surface area (Å²) in [5.41, 5.74) is 0.619. The van der Waals surface area contributed by atoms with Gasteiger partial charge in [-0.15, -0.1) is 0 Å². The number of non-ortho nitro benzene ring substituents is 1. The Morgan fingerprint density at radius 2 is 2.00 bits per heavy atom. The van der Waals surface area contributed by atoms with E-state index in [9.17, 15) is 19.3 Å². The average molecular weight is 361 g/mol. The van der Waals surface area contributed by atoms with Gasteiger partial charge in [-0.2, -0.15) is 0 Å². The fourth-order valence-corrected chi connectivity index (χ4v) is 2.22. The molecule has 0 bridgehead atoms. The first kappa shape index (κ1) is 19.2. The molecule has 0 spiro atoms. The number of urea groups is 1. The summed E-state index contributed by atoms with van der Waals surface area (Å²) < 4.78 is 18.3. The van der Waals surface area contributed by atoms with Crippen LogP contribution in [0.5, 0.6) is 5.75 Å². The van der Waals surface area contributed by atoms with Gasteiger partial charge in [-0.05, 0) is 36.8 Å². The average Bonchev–Trinajstić information content (AvgIpc) is 2.63. The molecule has 7 nitrogen and oxygen atoms in total. The highest BCUT2D eigenvalue weighted by atomic mass is 19.1. The zero-order valence-corrected chi connectivity index (χ0v) is 14.5. The molecule has 2 aromatic carbocycles. The highest BCUT2D eigenvalue weighted by Crippen LogP contribution is 2.19. The highest BCUT2D eigenvalue weighted by molar-refractivity contribution is 5.74. The second kappa shape index (κ2) is 8.80. The van der Waals surface area contributed by atoms with E-state index in [1.54, 1.807) is 26.1 Å². The van der Waals surface area contributed by atoms with Crippen LogP contribution in [0.1, 0.15) is 18.5 Å². The van der Waals surface area contributed by atoms with Crippen molar-refractivity contribution in [3.8, 4) is 5.75 Å². The Hall–Kier alpha value is -3.16. The van der Waals surface area contributed by atoms with E-state index in [1.807, 2.05) is 0 Å². The molecule has 8 heteroatoms. The number of benzene rings is 2. The van der Waals surface area contributed by atoms with E-state index in [4.69, 9.17) is 4.74 Å². The predicted molar refractivity (Wildman–Crippen MR) is 94.6 cm³/mol. The van der Waals surface area contributed by atoms with Crippen LogP contribution in [-0.2, 0) is 0 Å². The quantitative estimate of drug-likeness (QED) is 0.604. The standard InChI is InChI=1S/C18H20FN3O4/c1-13(14-4-3-5-16(12-14)22(24)25)20-18(23)21(2)10-11-26-17-8-6-15(19)7-9-17/h3-9,12-13H,10-11H2,1-2H3,(H,20,23). The minimum absolute atomic E-state index is 0.0235. The topological polar surface area (TPSA) is 84.7 Å². The lowest BCUT2D eigenvalue weighted by atomic mass is 10.1. The number of hydrogen-bond donors (Lipinski definition) is 1. The van der Waals surface area contributed by atoms with Gasteiger partial charge in [-0.3, -0.25) is 10.1 Å². The number of nitro benzene ring substituents is 1. The van der Waals surface area contributed by atoms with E-state index >= 15 is 0 Å². The molecular weight excluding hydrogens is 341 g/mol. The van der Waals surface area contributed by atoms with Crippen LogP contribution in [0.4, 0.5) is 14.9 Å². The third kappa shape index (κ3) is 5.44. The van der Waals surface area contributed by atoms with Gasteiger partial charge < -0.3 is 15.0 Å². The van der Waals surface area contributed by atoms with Crippen LogP contribution >= 0.6 is 0 Å². The smallest absolute Gasteiger partial charge is 0.317 e. The monoisotopic (exact) mass is 361 g/mol. The largest absolute Gasteiger partial charge is 0.492 e. The molecule has 0 fully saturated rings. The fourth-order valence-electron chi connectivity index (χ4n) is 2.22. The molecule has 0 heterocycles. The maximum Gasteiger partial charge on any atom is 0.317 e. The molecule has 2 aromatic rings. The number of carbonyl (C=O) groups is 1. The molecule has 1 atom stereocenters. The van der Waals surface area contributed by atoms with Crippen molar-refractivity contribution in [1.29, 1.82) is 0 Å². The summed E-state index contributed by atoms with van der Waals surface area (Å²) >= 11 is 0. The molecule has 1 N–H and O–H groups in total. The SMILES string of the molecule is CC(NC(=O)N(C)CCOc1ccc(F)cc1)c1cccc([N+](=O)[O-])c1. The van der Waals surface area contributed by atoms with Gasteiger partial charge in [0.05, 0.1) is 17.5 Å². The van der Waals surface area contributed by atoms with Crippen molar-refractivity contribution in [1.82, 2.24) is 10.2 Å². The van der Waals surface area contributed by atoms with Crippen LogP contribution in [-0.4, -0.2) is 36.1 Å². The molecule has 26 heavy (non-hydrogen) atoms. The molecule has 138 valence electrons. The Balaban J connectivity index is 1.83. The molecule has 0 aliphatic heterocycles. The molecule has 0 saturated heterocycles. The Bertz CT molecular complexity index is 767. The van der Waals surface area contributed by atoms with E-state index in [1.165, 1.54) is 41.3 Å². The first-order valence-corrected chi connectivity index (χ1v) is 8.01. The zero-order chi connectivity index (χ0) is 19.1. The number of nitrogens with one attached hydrogen (secondary N) is 1. The molecule has 0 aliphatic rings. The van der Waals surface area contributed by atoms with Crippen molar-refractivity contribution < 1.29 is 18.8 Å². The molecule has 0 aliphatic carbocycles. The number of nitro groups is 1. The van der Waals surface area contributed by atoms with Gasteiger partial charge in [0.15, 0.2) is 0 Å². The van der Waals surface area contributed by atoms with E-state index in [0.29, 0.717) is 17.9 Å². The number of rotatable bonds is 7. The lowest BCUT2D eigenvalue weighted by molar-refractivity contribution is -0.384. The van der Waals surface area contributed by atoms with Crippen LogP contribution in [0.2, 0.25) is 0 Å². The van der Waals surface area contributed by atoms with Crippen LogP contribution < -0.4 is 10.1 Å². The summed E-state index contributed by atoms with van der Waals surface area (Å²) in [5.74, 6) is 0.175. The summed E-state index contributed by atoms with van der Waals surface area (Å²) in [6.45, 7) is 2.32. The number of amides is 2. The van der Waals surface area contributed by atoms with Gasteiger partial charge in [-0.25, -0.2) is 9.18 Å². The minimum atomic E-state index is -0.475. The summed E-state index contributed by atoms with van der Waals surface area (Å²) in [7, 11) is 1.61. The van der Waals surface area contributed by atoms with Crippen molar-refractivity contribution in [2.75, 3.05) is 20.2 Å². The van der Waals surface area contributed by atoms with Gasteiger partial charge in [0.1, 0.15) is 18.2 Å². The van der Waals surface area contributed by atoms with E-state index < -0.39 is 4.92 Å². The Morgan fingerprint density at radius 1 is 1.31 bits per heavy atom. The Labute approximate surface area is 150 Å². The molecule has 0 aromatic heterocycles. The Morgan fingerprint density at radius 3 is 2.65 bits per heavy atom. The number of carbonyl (C=O) groups excluding carboxylic acids is 1. The molecule has 1 unspecified atom stereocenters. The first-order valence-electron chi connectivity index (χ1n) is 8.01. The number of nitrogens with zero attached hydrogens (tertiary/aromatic N) is 2. The van der Waals surface area contributed by atoms with E-state index in [0.717, 1.165) is 0 Å². The van der Waals surface area contributed by atoms with Crippen molar-refractivity contribution >= 4 is 11.7 Å². The van der Waals surface area contributed by atoms with Crippen LogP contribution in [0.25, 0.3) is 0 Å². The van der Waals surface area contributed by atoms with Crippen molar-refractivity contribution in [2.45, 2.75) is 13.0 Å². The van der Waals surface area contributed by atoms with Gasteiger partial charge >= 0.3 is 6.03 Å². The number of halogens is 1. The lowest BCUT2D eigenvalue weighted by Crippen LogP contribution is -2.40. The Kier molecular flexibility index (Phi) is 6.48. The van der Waals surface area contributed by atoms with Gasteiger partial charge in [0.2, 0.25) is 0 Å². The van der Waals surface area contributed by atoms with E-state index in [-0.39, 0.29) is 30.2 Å². The van der Waals surface area contributed by atoms with Gasteiger partial charge in [0, 0.05) is 19.2 Å². The third-order valence-corrected chi connectivity index (χ3v) is 3.78. The van der Waals surface area contributed by atoms with Crippen LogP contribution in [0.3, 0.4) is 0 Å². The number of ether oxygens (including phenoxy) is 1. The zero-order valence-electron chi connectivity index (χ0n) is 14.5. The van der Waals surface area contributed by atoms with Gasteiger partial charge in [-0.1, -0.05) is 12.1 Å². The van der Waals surface area contributed by atoms with Crippen molar-refractivity contribution in [2.24, 2.45) is 0 Å². The minimum Gasteiger partial charge on any atom is -0.492 e. The van der Waals surface area contributed by atoms with Crippen LogP contribution in [0.15, 0.2) is 48.5 Å². The molecular formula is C18H20FN3O4. The summed E-state index contributed by atoms with van der Waals surface area (Å²) in [4.78, 5) is 24.0. The van der Waals surface area contributed by atoms with Gasteiger partial charge in [0.25, 0.3) is 5.69 Å². The van der Waals surface area contributed by atoms with Crippen molar-refractivity contribution in [3.05, 3.63) is 70.0 Å². The molecule has 2 amide bonds. The molecule has 0 radical (unpaired) electrons. The molecule has 2 rings (SSSR count). The van der Waals surface area contributed by atoms with Crippen LogP contribution in [0, 0.1) is 15.9 Å².